The summed E-state index contributed by atoms with van der Waals surface area (Å²) in [6.45, 7) is 0. The number of phenols is 1. The summed E-state index contributed by atoms with van der Waals surface area (Å²) in [5, 5.41) is 16.6. The molecule has 4 N–H and O–H groups in total. The maximum atomic E-state index is 9.39. The zero-order chi connectivity index (χ0) is 12.5. The number of benzene rings is 1. The topological polar surface area (TPSA) is 87.8 Å². The van der Waals surface area contributed by atoms with E-state index in [1.807, 2.05) is 0 Å². The third-order valence-electron chi connectivity index (χ3n) is 3.53. The number of rotatable bonds is 2. The van der Waals surface area contributed by atoms with E-state index in [4.69, 9.17) is 5.73 Å². The number of aromatic nitrogens is 3. The molecule has 0 spiro atoms. The van der Waals surface area contributed by atoms with Crippen LogP contribution < -0.4 is 5.73 Å². The van der Waals surface area contributed by atoms with E-state index in [0.29, 0.717) is 17.4 Å². The highest BCUT2D eigenvalue weighted by Gasteiger charge is 2.20. The molecule has 1 aliphatic carbocycles. The number of H-pyrrole nitrogens is 1. The lowest BCUT2D eigenvalue weighted by molar-refractivity contribution is 0.478. The molecule has 3 rings (SSSR count). The van der Waals surface area contributed by atoms with Gasteiger partial charge in [0.1, 0.15) is 11.6 Å². The maximum absolute atomic E-state index is 9.39. The molecule has 5 heteroatoms. The average Bonchev–Trinajstić information content (AvgIpc) is 3.01. The highest BCUT2D eigenvalue weighted by atomic mass is 16.3. The molecule has 1 aromatic carbocycles. The van der Waals surface area contributed by atoms with Gasteiger partial charge in [0.2, 0.25) is 0 Å². The first kappa shape index (κ1) is 11.1. The third kappa shape index (κ3) is 1.92. The van der Waals surface area contributed by atoms with E-state index >= 15 is 0 Å². The number of nitrogens with zero attached hydrogens (tertiary/aromatic N) is 2. The highest BCUT2D eigenvalue weighted by molar-refractivity contribution is 5.65. The summed E-state index contributed by atoms with van der Waals surface area (Å²) in [6.07, 6.45) is 4.92. The fourth-order valence-electron chi connectivity index (χ4n) is 2.48. The summed E-state index contributed by atoms with van der Waals surface area (Å²) in [6, 6.07) is 5.03. The van der Waals surface area contributed by atoms with Crippen molar-refractivity contribution >= 4 is 5.69 Å². The van der Waals surface area contributed by atoms with E-state index in [0.717, 1.165) is 11.4 Å². The first-order chi connectivity index (χ1) is 8.74. The Morgan fingerprint density at radius 3 is 2.78 bits per heavy atom. The maximum Gasteiger partial charge on any atom is 0.181 e. The Bertz CT molecular complexity index is 558. The molecule has 1 saturated carbocycles. The molecule has 1 aliphatic rings. The molecule has 0 amide bonds. The van der Waals surface area contributed by atoms with E-state index in [1.165, 1.54) is 25.7 Å². The Morgan fingerprint density at radius 1 is 1.28 bits per heavy atom. The SMILES string of the molecule is Nc1cc(-c2n[nH]c(C3CCCC3)n2)ccc1O. The quantitative estimate of drug-likeness (QED) is 0.559. The lowest BCUT2D eigenvalue weighted by Crippen LogP contribution is -1.94. The van der Waals surface area contributed by atoms with Crippen LogP contribution in [0.5, 0.6) is 5.75 Å². The van der Waals surface area contributed by atoms with Crippen LogP contribution in [-0.2, 0) is 0 Å². The summed E-state index contributed by atoms with van der Waals surface area (Å²) < 4.78 is 0. The minimum atomic E-state index is 0.0882. The number of hydrogen-bond donors (Lipinski definition) is 3. The molecule has 0 aliphatic heterocycles. The molecule has 0 atom stereocenters. The fourth-order valence-corrected chi connectivity index (χ4v) is 2.48. The normalized spacial score (nSPS) is 16.2. The predicted octanol–water partition coefficient (Wildman–Crippen LogP) is 2.42. The minimum Gasteiger partial charge on any atom is -0.506 e. The number of nitrogens with one attached hydrogen (secondary N) is 1. The van der Waals surface area contributed by atoms with Crippen LogP contribution in [-0.4, -0.2) is 20.3 Å². The summed E-state index contributed by atoms with van der Waals surface area (Å²) in [5.41, 5.74) is 6.84. The van der Waals surface area contributed by atoms with Gasteiger partial charge in [0.25, 0.3) is 0 Å². The number of nitrogen functional groups attached to an aromatic ring is 1. The molecule has 0 bridgehead atoms. The van der Waals surface area contributed by atoms with Crippen molar-refractivity contribution in [2.75, 3.05) is 5.73 Å². The number of hydrogen-bond acceptors (Lipinski definition) is 4. The van der Waals surface area contributed by atoms with E-state index in [2.05, 4.69) is 15.2 Å². The van der Waals surface area contributed by atoms with Crippen LogP contribution in [0.1, 0.15) is 37.4 Å². The lowest BCUT2D eigenvalue weighted by atomic mass is 10.1. The first-order valence-corrected chi connectivity index (χ1v) is 6.25. The second kappa shape index (κ2) is 4.33. The van der Waals surface area contributed by atoms with Gasteiger partial charge in [0, 0.05) is 11.5 Å². The summed E-state index contributed by atoms with van der Waals surface area (Å²) in [5.74, 6) is 2.21. The molecular formula is C13H16N4O. The Morgan fingerprint density at radius 2 is 2.06 bits per heavy atom. The van der Waals surface area contributed by atoms with Crippen molar-refractivity contribution in [2.24, 2.45) is 0 Å². The van der Waals surface area contributed by atoms with Gasteiger partial charge in [-0.05, 0) is 31.0 Å². The largest absolute Gasteiger partial charge is 0.506 e. The Balaban J connectivity index is 1.89. The fraction of sp³-hybridized carbons (Fsp3) is 0.385. The van der Waals surface area contributed by atoms with E-state index < -0.39 is 0 Å². The zero-order valence-electron chi connectivity index (χ0n) is 10.1. The average molecular weight is 244 g/mol. The van der Waals surface area contributed by atoms with Crippen molar-refractivity contribution in [3.63, 3.8) is 0 Å². The minimum absolute atomic E-state index is 0.0882. The van der Waals surface area contributed by atoms with Crippen molar-refractivity contribution in [2.45, 2.75) is 31.6 Å². The number of aromatic amines is 1. The van der Waals surface area contributed by atoms with Crippen molar-refractivity contribution in [1.82, 2.24) is 15.2 Å². The van der Waals surface area contributed by atoms with Gasteiger partial charge in [-0.1, -0.05) is 12.8 Å². The van der Waals surface area contributed by atoms with Gasteiger partial charge < -0.3 is 10.8 Å². The molecule has 0 saturated heterocycles. The summed E-state index contributed by atoms with van der Waals surface area (Å²) in [7, 11) is 0. The second-order valence-corrected chi connectivity index (χ2v) is 4.80. The lowest BCUT2D eigenvalue weighted by Gasteiger charge is -2.02. The van der Waals surface area contributed by atoms with Gasteiger partial charge in [-0.2, -0.15) is 5.10 Å². The number of nitrogens with two attached hydrogens (primary N) is 1. The Hall–Kier alpha value is -2.04. The van der Waals surface area contributed by atoms with Crippen LogP contribution in [0.2, 0.25) is 0 Å². The van der Waals surface area contributed by atoms with Crippen LogP contribution in [0.25, 0.3) is 11.4 Å². The second-order valence-electron chi connectivity index (χ2n) is 4.80. The standard InChI is InChI=1S/C13H16N4O/c14-10-7-9(5-6-11(10)18)13-15-12(16-17-13)8-3-1-2-4-8/h5-8,18H,1-4,14H2,(H,15,16,17). The molecule has 0 radical (unpaired) electrons. The smallest absolute Gasteiger partial charge is 0.181 e. The number of anilines is 1. The molecule has 18 heavy (non-hydrogen) atoms. The Labute approximate surface area is 105 Å². The van der Waals surface area contributed by atoms with E-state index in [1.54, 1.807) is 18.2 Å². The molecule has 5 nitrogen and oxygen atoms in total. The molecule has 1 heterocycles. The summed E-state index contributed by atoms with van der Waals surface area (Å²) >= 11 is 0. The van der Waals surface area contributed by atoms with Crippen molar-refractivity contribution in [3.8, 4) is 17.1 Å². The molecule has 1 fully saturated rings. The van der Waals surface area contributed by atoms with Crippen LogP contribution in [0.15, 0.2) is 18.2 Å². The Kier molecular flexibility index (Phi) is 2.66. The van der Waals surface area contributed by atoms with Crippen molar-refractivity contribution < 1.29 is 5.11 Å². The monoisotopic (exact) mass is 244 g/mol. The summed E-state index contributed by atoms with van der Waals surface area (Å²) in [4.78, 5) is 4.53. The highest BCUT2D eigenvalue weighted by Crippen LogP contribution is 2.33. The number of phenolic OH excluding ortho intramolecular Hbond substituents is 1. The molecule has 1 aromatic heterocycles. The molecule has 0 unspecified atom stereocenters. The van der Waals surface area contributed by atoms with Crippen molar-refractivity contribution in [1.29, 1.82) is 0 Å². The van der Waals surface area contributed by atoms with Gasteiger partial charge in [0.05, 0.1) is 5.69 Å². The van der Waals surface area contributed by atoms with E-state index in [9.17, 15) is 5.11 Å². The van der Waals surface area contributed by atoms with Crippen molar-refractivity contribution in [3.05, 3.63) is 24.0 Å². The van der Waals surface area contributed by atoms with Gasteiger partial charge in [-0.25, -0.2) is 4.98 Å². The van der Waals surface area contributed by atoms with E-state index in [-0.39, 0.29) is 5.75 Å². The van der Waals surface area contributed by atoms with Crippen LogP contribution in [0, 0.1) is 0 Å². The third-order valence-corrected chi connectivity index (χ3v) is 3.53. The first-order valence-electron chi connectivity index (χ1n) is 6.25. The van der Waals surface area contributed by atoms with Gasteiger partial charge in [-0.15, -0.1) is 0 Å². The van der Waals surface area contributed by atoms with Gasteiger partial charge >= 0.3 is 0 Å². The zero-order valence-corrected chi connectivity index (χ0v) is 10.1. The number of aromatic hydroxyl groups is 1. The molecule has 94 valence electrons. The van der Waals surface area contributed by atoms with Gasteiger partial charge in [-0.3, -0.25) is 5.10 Å². The van der Waals surface area contributed by atoms with Gasteiger partial charge in [0.15, 0.2) is 5.82 Å². The predicted molar refractivity (Wildman–Crippen MR) is 69.1 cm³/mol. The molecular weight excluding hydrogens is 228 g/mol. The van der Waals surface area contributed by atoms with Crippen LogP contribution in [0.4, 0.5) is 5.69 Å². The van der Waals surface area contributed by atoms with Crippen LogP contribution >= 0.6 is 0 Å². The molecule has 2 aromatic rings. The van der Waals surface area contributed by atoms with Crippen LogP contribution in [0.3, 0.4) is 0 Å².